The minimum Gasteiger partial charge on any atom is -0.363 e. The fourth-order valence-corrected chi connectivity index (χ4v) is 3.34. The zero-order valence-corrected chi connectivity index (χ0v) is 11.9. The van der Waals surface area contributed by atoms with Crippen LogP contribution in [-0.4, -0.2) is 21.8 Å². The molecule has 5 nitrogen and oxygen atoms in total. The van der Waals surface area contributed by atoms with Gasteiger partial charge >= 0.3 is 0 Å². The Morgan fingerprint density at radius 1 is 1.42 bits per heavy atom. The van der Waals surface area contributed by atoms with Crippen molar-refractivity contribution in [3.8, 4) is 10.6 Å². The molecule has 0 fully saturated rings. The van der Waals surface area contributed by atoms with Crippen molar-refractivity contribution < 1.29 is 0 Å². The van der Waals surface area contributed by atoms with Crippen LogP contribution in [0.4, 0.5) is 5.13 Å². The second-order valence-corrected chi connectivity index (χ2v) is 5.57. The summed E-state index contributed by atoms with van der Waals surface area (Å²) in [6, 6.07) is 2.01. The lowest BCUT2D eigenvalue weighted by Crippen LogP contribution is -2.24. The number of nitrogens with one attached hydrogen (secondary N) is 1. The van der Waals surface area contributed by atoms with Gasteiger partial charge in [0, 0.05) is 19.3 Å². The Balaban J connectivity index is 2.19. The van der Waals surface area contributed by atoms with Crippen molar-refractivity contribution in [2.24, 2.45) is 0 Å². The second kappa shape index (κ2) is 4.77. The molecule has 100 valence electrons. The van der Waals surface area contributed by atoms with Crippen LogP contribution in [0.25, 0.3) is 10.6 Å². The van der Waals surface area contributed by atoms with Gasteiger partial charge in [-0.1, -0.05) is 11.3 Å². The average Bonchev–Trinajstić information content (AvgIpc) is 3.06. The lowest BCUT2D eigenvalue weighted by molar-refractivity contribution is 0.683. The Morgan fingerprint density at radius 2 is 2.26 bits per heavy atom. The summed E-state index contributed by atoms with van der Waals surface area (Å²) in [5.41, 5.74) is 3.23. The Kier molecular flexibility index (Phi) is 3.10. The third kappa shape index (κ3) is 1.96. The van der Waals surface area contributed by atoms with E-state index < -0.39 is 0 Å². The van der Waals surface area contributed by atoms with Crippen LogP contribution >= 0.6 is 11.3 Å². The Labute approximate surface area is 115 Å². The van der Waals surface area contributed by atoms with Gasteiger partial charge in [-0.15, -0.1) is 10.2 Å². The monoisotopic (exact) mass is 276 g/mol. The zero-order valence-electron chi connectivity index (χ0n) is 11.1. The Hall–Kier alpha value is -1.69. The van der Waals surface area contributed by atoms with E-state index in [-0.39, 0.29) is 5.56 Å². The van der Waals surface area contributed by atoms with Crippen molar-refractivity contribution in [2.45, 2.75) is 32.7 Å². The number of nitrogens with zero attached hydrogens (tertiary/aromatic N) is 3. The van der Waals surface area contributed by atoms with Gasteiger partial charge in [0.05, 0.1) is 5.56 Å². The van der Waals surface area contributed by atoms with Crippen LogP contribution in [0.5, 0.6) is 0 Å². The summed E-state index contributed by atoms with van der Waals surface area (Å²) in [6.07, 6.45) is 3.20. The lowest BCUT2D eigenvalue weighted by atomic mass is 10.1. The first-order valence-corrected chi connectivity index (χ1v) is 7.33. The molecule has 0 aromatic carbocycles. The molecule has 0 saturated carbocycles. The van der Waals surface area contributed by atoms with Crippen LogP contribution in [0.2, 0.25) is 0 Å². The number of aryl methyl sites for hydroxylation is 1. The highest BCUT2D eigenvalue weighted by molar-refractivity contribution is 7.18. The molecule has 0 unspecified atom stereocenters. The fraction of sp³-hybridized carbons (Fsp3) is 0.462. The summed E-state index contributed by atoms with van der Waals surface area (Å²) in [4.78, 5) is 12.5. The van der Waals surface area contributed by atoms with Crippen molar-refractivity contribution in [2.75, 3.05) is 12.4 Å². The minimum absolute atomic E-state index is 0.0574. The Bertz CT molecular complexity index is 674. The summed E-state index contributed by atoms with van der Waals surface area (Å²) >= 11 is 1.42. The van der Waals surface area contributed by atoms with Gasteiger partial charge in [0.2, 0.25) is 5.13 Å². The molecule has 0 spiro atoms. The molecule has 1 aliphatic carbocycles. The summed E-state index contributed by atoms with van der Waals surface area (Å²) in [6.45, 7) is 2.73. The fourth-order valence-electron chi connectivity index (χ4n) is 2.64. The van der Waals surface area contributed by atoms with Gasteiger partial charge in [0.25, 0.3) is 5.56 Å². The van der Waals surface area contributed by atoms with Gasteiger partial charge in [0.1, 0.15) is 0 Å². The molecule has 2 heterocycles. The number of rotatable bonds is 3. The van der Waals surface area contributed by atoms with Crippen molar-refractivity contribution in [3.63, 3.8) is 0 Å². The quantitative estimate of drug-likeness (QED) is 0.930. The van der Waals surface area contributed by atoms with E-state index in [1.165, 1.54) is 22.6 Å². The van der Waals surface area contributed by atoms with Crippen LogP contribution in [0.1, 0.15) is 24.6 Å². The molecular weight excluding hydrogens is 260 g/mol. The third-order valence-corrected chi connectivity index (χ3v) is 4.51. The summed E-state index contributed by atoms with van der Waals surface area (Å²) in [5, 5.41) is 12.5. The van der Waals surface area contributed by atoms with Gasteiger partial charge in [-0.25, -0.2) is 0 Å². The van der Waals surface area contributed by atoms with Crippen LogP contribution in [0.15, 0.2) is 10.9 Å². The molecule has 3 rings (SSSR count). The molecule has 0 bridgehead atoms. The van der Waals surface area contributed by atoms with E-state index in [0.717, 1.165) is 24.4 Å². The minimum atomic E-state index is 0.0574. The number of hydrogen-bond donors (Lipinski definition) is 1. The topological polar surface area (TPSA) is 59.8 Å². The zero-order chi connectivity index (χ0) is 13.4. The molecule has 0 aliphatic heterocycles. The summed E-state index contributed by atoms with van der Waals surface area (Å²) in [5.74, 6) is 0. The molecule has 0 atom stereocenters. The molecule has 0 radical (unpaired) electrons. The van der Waals surface area contributed by atoms with Crippen LogP contribution in [0.3, 0.4) is 0 Å². The van der Waals surface area contributed by atoms with Crippen LogP contribution in [0, 0.1) is 0 Å². The highest BCUT2D eigenvalue weighted by atomic mass is 32.1. The average molecular weight is 276 g/mol. The molecule has 1 N–H and O–H groups in total. The molecule has 0 amide bonds. The lowest BCUT2D eigenvalue weighted by Gasteiger charge is -2.11. The van der Waals surface area contributed by atoms with Crippen LogP contribution < -0.4 is 10.9 Å². The first-order chi connectivity index (χ1) is 9.24. The van der Waals surface area contributed by atoms with Crippen molar-refractivity contribution in [3.05, 3.63) is 27.7 Å². The largest absolute Gasteiger partial charge is 0.363 e. The number of hydrogen-bond acceptors (Lipinski definition) is 5. The molecule has 6 heteroatoms. The molecular formula is C13H16N4OS. The molecule has 0 saturated heterocycles. The van der Waals surface area contributed by atoms with Gasteiger partial charge in [0.15, 0.2) is 5.01 Å². The molecule has 2 aromatic heterocycles. The van der Waals surface area contributed by atoms with Crippen molar-refractivity contribution in [1.82, 2.24) is 14.8 Å². The maximum absolute atomic E-state index is 12.5. The van der Waals surface area contributed by atoms with E-state index in [9.17, 15) is 4.79 Å². The second-order valence-electron chi connectivity index (χ2n) is 4.60. The summed E-state index contributed by atoms with van der Waals surface area (Å²) in [7, 11) is 1.80. The molecule has 1 aliphatic rings. The normalized spacial score (nSPS) is 13.6. The maximum Gasteiger partial charge on any atom is 0.261 e. The SMILES string of the molecule is CCn1c2c(cc(-c3nnc(NC)s3)c1=O)CCC2. The van der Waals surface area contributed by atoms with Gasteiger partial charge in [-0.2, -0.15) is 0 Å². The van der Waals surface area contributed by atoms with E-state index >= 15 is 0 Å². The van der Waals surface area contributed by atoms with E-state index in [2.05, 4.69) is 15.5 Å². The smallest absolute Gasteiger partial charge is 0.261 e. The predicted octanol–water partition coefficient (Wildman–Crippen LogP) is 1.92. The van der Waals surface area contributed by atoms with Crippen molar-refractivity contribution >= 4 is 16.5 Å². The first-order valence-electron chi connectivity index (χ1n) is 6.51. The van der Waals surface area contributed by atoms with E-state index in [4.69, 9.17) is 0 Å². The third-order valence-electron chi connectivity index (χ3n) is 3.54. The van der Waals surface area contributed by atoms with Gasteiger partial charge < -0.3 is 9.88 Å². The van der Waals surface area contributed by atoms with Gasteiger partial charge in [-0.3, -0.25) is 4.79 Å². The van der Waals surface area contributed by atoms with Crippen LogP contribution in [-0.2, 0) is 19.4 Å². The first kappa shape index (κ1) is 12.3. The summed E-state index contributed by atoms with van der Waals surface area (Å²) < 4.78 is 1.89. The Morgan fingerprint density at radius 3 is 2.95 bits per heavy atom. The van der Waals surface area contributed by atoms with Crippen molar-refractivity contribution in [1.29, 1.82) is 0 Å². The standard InChI is InChI=1S/C13H16N4OS/c1-3-17-10-6-4-5-8(10)7-9(12(17)18)11-15-16-13(14-2)19-11/h7H,3-6H2,1-2H3,(H,14,16). The number of anilines is 1. The van der Waals surface area contributed by atoms with E-state index in [1.54, 1.807) is 7.05 Å². The van der Waals surface area contributed by atoms with Gasteiger partial charge in [-0.05, 0) is 37.8 Å². The number of aromatic nitrogens is 3. The maximum atomic E-state index is 12.5. The number of pyridine rings is 1. The molecule has 2 aromatic rings. The number of fused-ring (bicyclic) bond motifs is 1. The molecule has 19 heavy (non-hydrogen) atoms. The highest BCUT2D eigenvalue weighted by Crippen LogP contribution is 2.28. The van der Waals surface area contributed by atoms with E-state index in [1.807, 2.05) is 17.6 Å². The van der Waals surface area contributed by atoms with E-state index in [0.29, 0.717) is 17.1 Å². The predicted molar refractivity (Wildman–Crippen MR) is 76.9 cm³/mol. The highest BCUT2D eigenvalue weighted by Gasteiger charge is 2.20.